The molecule has 29 heavy (non-hydrogen) atoms. The van der Waals surface area contributed by atoms with Crippen LogP contribution in [0.5, 0.6) is 0 Å². The Hall–Kier alpha value is -1.86. The monoisotopic (exact) mass is 419 g/mol. The molecule has 1 amide bonds. The van der Waals surface area contributed by atoms with Crippen molar-refractivity contribution in [2.75, 3.05) is 23.3 Å². The third-order valence-corrected chi connectivity index (χ3v) is 8.04. The Balaban J connectivity index is 1.49. The minimum atomic E-state index is -3.36. The summed E-state index contributed by atoms with van der Waals surface area (Å²) >= 11 is 0. The van der Waals surface area contributed by atoms with E-state index < -0.39 is 14.8 Å². The van der Waals surface area contributed by atoms with Crippen molar-refractivity contribution in [3.63, 3.8) is 0 Å². The highest BCUT2D eigenvalue weighted by molar-refractivity contribution is 7.90. The van der Waals surface area contributed by atoms with Crippen LogP contribution >= 0.6 is 0 Å². The molecule has 1 fully saturated rings. The van der Waals surface area contributed by atoms with Gasteiger partial charge in [-0.3, -0.25) is 4.79 Å². The van der Waals surface area contributed by atoms with Gasteiger partial charge in [0.2, 0.25) is 15.9 Å². The van der Waals surface area contributed by atoms with Gasteiger partial charge in [-0.15, -0.1) is 0 Å². The van der Waals surface area contributed by atoms with E-state index in [1.807, 2.05) is 24.3 Å². The molecule has 160 valence electrons. The Kier molecular flexibility index (Phi) is 6.69. The molecule has 1 aromatic rings. The van der Waals surface area contributed by atoms with Gasteiger partial charge in [0.15, 0.2) is 0 Å². The zero-order valence-electron chi connectivity index (χ0n) is 17.6. The van der Waals surface area contributed by atoms with E-state index in [2.05, 4.69) is 27.1 Å². The molecule has 1 saturated carbocycles. The summed E-state index contributed by atoms with van der Waals surface area (Å²) in [5, 5.41) is 3.02. The maximum atomic E-state index is 12.6. The van der Waals surface area contributed by atoms with Gasteiger partial charge in [-0.1, -0.05) is 12.2 Å². The number of sulfonamides is 1. The second-order valence-corrected chi connectivity index (χ2v) is 11.5. The van der Waals surface area contributed by atoms with Gasteiger partial charge < -0.3 is 10.2 Å². The van der Waals surface area contributed by atoms with Crippen LogP contribution in [0.25, 0.3) is 0 Å². The highest BCUT2D eigenvalue weighted by Gasteiger charge is 2.34. The molecule has 1 aromatic carbocycles. The Labute approximate surface area is 174 Å². The molecule has 6 nitrogen and oxygen atoms in total. The second-order valence-electron chi connectivity index (χ2n) is 9.02. The van der Waals surface area contributed by atoms with Gasteiger partial charge in [0, 0.05) is 36.4 Å². The molecule has 0 aromatic heterocycles. The molecular formula is C22H33N3O3S. The maximum Gasteiger partial charge on any atom is 0.227 e. The highest BCUT2D eigenvalue weighted by atomic mass is 32.2. The standard InChI is InChI=1S/C22H33N3O3S/c1-22(2,3)29(27,28)24-19-9-7-17(8-10-19)21(26)23-18-11-13-20(14-12-18)25-15-5-4-6-16-25/h4-5,11-14,17,19,24H,6-10,15-16H2,1-3H3,(H,23,26). The van der Waals surface area contributed by atoms with E-state index in [1.165, 1.54) is 5.69 Å². The summed E-state index contributed by atoms with van der Waals surface area (Å²) in [4.78, 5) is 14.9. The smallest absolute Gasteiger partial charge is 0.227 e. The SMILES string of the molecule is CC(C)(C)S(=O)(=O)NC1CCC(C(=O)Nc2ccc(N3CC=CCC3)cc2)CC1. The van der Waals surface area contributed by atoms with E-state index in [0.29, 0.717) is 25.7 Å². The Morgan fingerprint density at radius 3 is 2.24 bits per heavy atom. The van der Waals surface area contributed by atoms with Gasteiger partial charge in [-0.25, -0.2) is 13.1 Å². The first-order valence-corrected chi connectivity index (χ1v) is 12.0. The molecule has 0 spiro atoms. The number of hydrogen-bond acceptors (Lipinski definition) is 4. The molecule has 0 unspecified atom stereocenters. The van der Waals surface area contributed by atoms with Gasteiger partial charge in [-0.05, 0) is 77.1 Å². The number of nitrogens with one attached hydrogen (secondary N) is 2. The number of anilines is 2. The zero-order valence-corrected chi connectivity index (χ0v) is 18.5. The maximum absolute atomic E-state index is 12.6. The van der Waals surface area contributed by atoms with Crippen molar-refractivity contribution >= 4 is 27.3 Å². The van der Waals surface area contributed by atoms with E-state index in [9.17, 15) is 13.2 Å². The summed E-state index contributed by atoms with van der Waals surface area (Å²) in [6.07, 6.45) is 8.21. The van der Waals surface area contributed by atoms with Crippen molar-refractivity contribution < 1.29 is 13.2 Å². The van der Waals surface area contributed by atoms with E-state index in [1.54, 1.807) is 20.8 Å². The Morgan fingerprint density at radius 2 is 1.69 bits per heavy atom. The minimum absolute atomic E-state index is 0.0239. The number of benzene rings is 1. The predicted octanol–water partition coefficient (Wildman–Crippen LogP) is 3.67. The van der Waals surface area contributed by atoms with Crippen LogP contribution in [-0.4, -0.2) is 38.2 Å². The second kappa shape index (κ2) is 8.88. The fourth-order valence-corrected chi connectivity index (χ4v) is 4.77. The van der Waals surface area contributed by atoms with Crippen LogP contribution in [-0.2, 0) is 14.8 Å². The van der Waals surface area contributed by atoms with Crippen molar-refractivity contribution in [2.24, 2.45) is 5.92 Å². The van der Waals surface area contributed by atoms with Gasteiger partial charge in [0.25, 0.3) is 0 Å². The fraction of sp³-hybridized carbons (Fsp3) is 0.591. The van der Waals surface area contributed by atoms with Crippen molar-refractivity contribution in [3.8, 4) is 0 Å². The van der Waals surface area contributed by atoms with Gasteiger partial charge >= 0.3 is 0 Å². The molecule has 2 N–H and O–H groups in total. The van der Waals surface area contributed by atoms with E-state index >= 15 is 0 Å². The number of hydrogen-bond donors (Lipinski definition) is 2. The van der Waals surface area contributed by atoms with Crippen LogP contribution < -0.4 is 14.9 Å². The molecular weight excluding hydrogens is 386 g/mol. The highest BCUT2D eigenvalue weighted by Crippen LogP contribution is 2.28. The lowest BCUT2D eigenvalue weighted by atomic mass is 9.86. The van der Waals surface area contributed by atoms with Crippen LogP contribution in [0.1, 0.15) is 52.9 Å². The summed E-state index contributed by atoms with van der Waals surface area (Å²) in [6.45, 7) is 7.03. The Morgan fingerprint density at radius 1 is 1.03 bits per heavy atom. The van der Waals surface area contributed by atoms with Crippen molar-refractivity contribution in [1.29, 1.82) is 0 Å². The largest absolute Gasteiger partial charge is 0.367 e. The lowest BCUT2D eigenvalue weighted by molar-refractivity contribution is -0.120. The number of rotatable bonds is 5. The summed E-state index contributed by atoms with van der Waals surface area (Å²) in [6, 6.07) is 7.92. The van der Waals surface area contributed by atoms with Crippen molar-refractivity contribution in [1.82, 2.24) is 4.72 Å². The van der Waals surface area contributed by atoms with Gasteiger partial charge in [0.1, 0.15) is 0 Å². The van der Waals surface area contributed by atoms with Crippen LogP contribution in [0, 0.1) is 5.92 Å². The first-order chi connectivity index (χ1) is 13.7. The Bertz CT molecular complexity index is 833. The molecule has 0 atom stereocenters. The van der Waals surface area contributed by atoms with Crippen LogP contribution in [0.2, 0.25) is 0 Å². The van der Waals surface area contributed by atoms with E-state index in [-0.39, 0.29) is 17.9 Å². The first kappa shape index (κ1) is 21.8. The molecule has 2 aliphatic rings. The third kappa shape index (κ3) is 5.60. The molecule has 0 bridgehead atoms. The lowest BCUT2D eigenvalue weighted by Gasteiger charge is -2.30. The van der Waals surface area contributed by atoms with Crippen LogP contribution in [0.4, 0.5) is 11.4 Å². The number of carbonyl (C=O) groups is 1. The average molecular weight is 420 g/mol. The fourth-order valence-electron chi connectivity index (χ4n) is 3.75. The van der Waals surface area contributed by atoms with E-state index in [4.69, 9.17) is 0 Å². The third-order valence-electron chi connectivity index (χ3n) is 5.78. The molecule has 3 rings (SSSR count). The molecule has 1 heterocycles. The van der Waals surface area contributed by atoms with Crippen molar-refractivity contribution in [3.05, 3.63) is 36.4 Å². The van der Waals surface area contributed by atoms with E-state index in [0.717, 1.165) is 25.2 Å². The number of carbonyl (C=O) groups excluding carboxylic acids is 1. The minimum Gasteiger partial charge on any atom is -0.367 e. The lowest BCUT2D eigenvalue weighted by Crippen LogP contribution is -2.46. The van der Waals surface area contributed by atoms with Gasteiger partial charge in [0.05, 0.1) is 4.75 Å². The molecule has 0 saturated heterocycles. The molecule has 1 aliphatic carbocycles. The molecule has 0 radical (unpaired) electrons. The normalized spacial score (nSPS) is 23.1. The summed E-state index contributed by atoms with van der Waals surface area (Å²) in [5.41, 5.74) is 1.97. The van der Waals surface area contributed by atoms with Crippen molar-refractivity contribution in [2.45, 2.75) is 63.7 Å². The molecule has 1 aliphatic heterocycles. The van der Waals surface area contributed by atoms with Crippen LogP contribution in [0.3, 0.4) is 0 Å². The first-order valence-electron chi connectivity index (χ1n) is 10.5. The number of amides is 1. The topological polar surface area (TPSA) is 78.5 Å². The summed E-state index contributed by atoms with van der Waals surface area (Å²) < 4.78 is 26.6. The zero-order chi connectivity index (χ0) is 21.1. The summed E-state index contributed by atoms with van der Waals surface area (Å²) in [5.74, 6) is -0.0481. The average Bonchev–Trinajstić information content (AvgIpc) is 2.68. The van der Waals surface area contributed by atoms with Crippen LogP contribution in [0.15, 0.2) is 36.4 Å². The predicted molar refractivity (Wildman–Crippen MR) is 119 cm³/mol. The molecule has 7 heteroatoms. The number of nitrogens with zero attached hydrogens (tertiary/aromatic N) is 1. The quantitative estimate of drug-likeness (QED) is 0.714. The van der Waals surface area contributed by atoms with Gasteiger partial charge in [-0.2, -0.15) is 0 Å². The summed E-state index contributed by atoms with van der Waals surface area (Å²) in [7, 11) is -3.36.